The van der Waals surface area contributed by atoms with Crippen LogP contribution in [-0.2, 0) is 4.79 Å². The molecule has 0 heterocycles. The van der Waals surface area contributed by atoms with Crippen LogP contribution in [0.15, 0.2) is 18.2 Å². The smallest absolute Gasteiger partial charge is 0.229 e. The van der Waals surface area contributed by atoms with Crippen LogP contribution >= 0.6 is 0 Å². The van der Waals surface area contributed by atoms with Crippen LogP contribution in [0.3, 0.4) is 0 Å². The van der Waals surface area contributed by atoms with Crippen LogP contribution in [-0.4, -0.2) is 12.2 Å². The Morgan fingerprint density at radius 3 is 2.87 bits per heavy atom. The van der Waals surface area contributed by atoms with Crippen LogP contribution in [0.4, 0.5) is 4.39 Å². The fraction of sp³-hybridized carbons (Fsp3) is 0.0909. The van der Waals surface area contributed by atoms with Gasteiger partial charge in [0.25, 0.3) is 0 Å². The van der Waals surface area contributed by atoms with Crippen molar-refractivity contribution >= 4 is 12.2 Å². The molecule has 0 aliphatic rings. The number of carbonyl (C=O) groups excluding carboxylic acids is 2. The van der Waals surface area contributed by atoms with E-state index >= 15 is 0 Å². The number of hydrogen-bond acceptors (Lipinski definition) is 2. The van der Waals surface area contributed by atoms with Gasteiger partial charge in [0.05, 0.1) is 17.5 Å². The summed E-state index contributed by atoms with van der Waals surface area (Å²) in [4.78, 5) is 20.8. The molecule has 76 valence electrons. The van der Waals surface area contributed by atoms with Crippen LogP contribution in [0.2, 0.25) is 0 Å². The summed E-state index contributed by atoms with van der Waals surface area (Å²) in [6.45, 7) is 0. The number of primary amides is 1. The summed E-state index contributed by atoms with van der Waals surface area (Å²) in [5.41, 5.74) is 4.89. The highest BCUT2D eigenvalue weighted by atomic mass is 19.1. The lowest BCUT2D eigenvalue weighted by Crippen LogP contribution is -2.08. The largest absolute Gasteiger partial charge is 0.369 e. The lowest BCUT2D eigenvalue weighted by Gasteiger charge is -1.96. The standard InChI is InChI=1S/C11H8FNO2/c12-11-8(4-2-6-10(13)15)3-1-5-9(11)7-14/h1,3,5,7H,6H2,(H2,13,15). The second kappa shape index (κ2) is 4.91. The predicted molar refractivity (Wildman–Crippen MR) is 52.5 cm³/mol. The number of benzene rings is 1. The minimum absolute atomic E-state index is 0.0547. The van der Waals surface area contributed by atoms with Crippen molar-refractivity contribution in [3.05, 3.63) is 35.1 Å². The first kappa shape index (κ1) is 10.9. The molecule has 0 aliphatic carbocycles. The molecule has 0 spiro atoms. The molecular formula is C11H8FNO2. The van der Waals surface area contributed by atoms with Crippen LogP contribution in [0, 0.1) is 17.7 Å². The first-order valence-electron chi connectivity index (χ1n) is 4.16. The van der Waals surface area contributed by atoms with E-state index in [9.17, 15) is 14.0 Å². The number of hydrogen-bond donors (Lipinski definition) is 1. The molecule has 0 saturated carbocycles. The second-order valence-corrected chi connectivity index (χ2v) is 2.77. The lowest BCUT2D eigenvalue weighted by atomic mass is 10.1. The van der Waals surface area contributed by atoms with Gasteiger partial charge < -0.3 is 5.73 Å². The SMILES string of the molecule is NC(=O)CC#Cc1cccc(C=O)c1F. The average molecular weight is 205 g/mol. The van der Waals surface area contributed by atoms with Crippen molar-refractivity contribution in [1.29, 1.82) is 0 Å². The summed E-state index contributed by atoms with van der Waals surface area (Å²) < 4.78 is 13.3. The van der Waals surface area contributed by atoms with E-state index < -0.39 is 11.7 Å². The van der Waals surface area contributed by atoms with Gasteiger partial charge in [0.15, 0.2) is 6.29 Å². The Morgan fingerprint density at radius 1 is 1.53 bits per heavy atom. The van der Waals surface area contributed by atoms with Gasteiger partial charge in [0, 0.05) is 0 Å². The van der Waals surface area contributed by atoms with E-state index in [1.807, 2.05) is 0 Å². The molecule has 1 aromatic carbocycles. The third-order valence-electron chi connectivity index (χ3n) is 1.64. The van der Waals surface area contributed by atoms with Crippen LogP contribution in [0.25, 0.3) is 0 Å². The highest BCUT2D eigenvalue weighted by molar-refractivity contribution is 5.77. The van der Waals surface area contributed by atoms with Crippen molar-refractivity contribution in [2.24, 2.45) is 5.73 Å². The van der Waals surface area contributed by atoms with Crippen molar-refractivity contribution in [2.45, 2.75) is 6.42 Å². The Bertz CT molecular complexity index is 457. The number of aldehydes is 1. The van der Waals surface area contributed by atoms with Crippen molar-refractivity contribution in [2.75, 3.05) is 0 Å². The summed E-state index contributed by atoms with van der Waals surface area (Å²) in [5, 5.41) is 0. The highest BCUT2D eigenvalue weighted by Crippen LogP contribution is 2.09. The van der Waals surface area contributed by atoms with Gasteiger partial charge in [-0.1, -0.05) is 17.9 Å². The molecular weight excluding hydrogens is 197 g/mol. The topological polar surface area (TPSA) is 60.2 Å². The Kier molecular flexibility index (Phi) is 3.58. The quantitative estimate of drug-likeness (QED) is 0.575. The van der Waals surface area contributed by atoms with E-state index in [1.54, 1.807) is 0 Å². The minimum atomic E-state index is -0.676. The minimum Gasteiger partial charge on any atom is -0.369 e. The molecule has 2 N–H and O–H groups in total. The van der Waals surface area contributed by atoms with E-state index in [4.69, 9.17) is 5.73 Å². The molecule has 3 nitrogen and oxygen atoms in total. The monoisotopic (exact) mass is 205 g/mol. The zero-order valence-corrected chi connectivity index (χ0v) is 7.79. The van der Waals surface area contributed by atoms with Gasteiger partial charge in [-0.05, 0) is 12.1 Å². The van der Waals surface area contributed by atoms with Gasteiger partial charge in [0.1, 0.15) is 5.82 Å². The first-order valence-corrected chi connectivity index (χ1v) is 4.16. The van der Waals surface area contributed by atoms with Gasteiger partial charge in [-0.15, -0.1) is 0 Å². The van der Waals surface area contributed by atoms with Gasteiger partial charge >= 0.3 is 0 Å². The highest BCUT2D eigenvalue weighted by Gasteiger charge is 2.04. The Hall–Kier alpha value is -2.15. The maximum Gasteiger partial charge on any atom is 0.229 e. The van der Waals surface area contributed by atoms with E-state index in [0.717, 1.165) is 0 Å². The van der Waals surface area contributed by atoms with Crippen LogP contribution < -0.4 is 5.73 Å². The maximum atomic E-state index is 13.3. The molecule has 1 rings (SSSR count). The van der Waals surface area contributed by atoms with E-state index in [2.05, 4.69) is 11.8 Å². The van der Waals surface area contributed by atoms with E-state index in [1.165, 1.54) is 18.2 Å². The lowest BCUT2D eigenvalue weighted by molar-refractivity contribution is -0.117. The predicted octanol–water partition coefficient (Wildman–Crippen LogP) is 0.865. The Labute approximate surface area is 86.1 Å². The van der Waals surface area contributed by atoms with Gasteiger partial charge in [0.2, 0.25) is 5.91 Å². The normalized spacial score (nSPS) is 8.87. The number of carbonyl (C=O) groups is 2. The zero-order valence-electron chi connectivity index (χ0n) is 7.79. The zero-order chi connectivity index (χ0) is 11.3. The van der Waals surface area contributed by atoms with Gasteiger partial charge in [-0.2, -0.15) is 0 Å². The fourth-order valence-electron chi connectivity index (χ4n) is 0.964. The van der Waals surface area contributed by atoms with Crippen molar-refractivity contribution in [3.63, 3.8) is 0 Å². The summed E-state index contributed by atoms with van der Waals surface area (Å²) in [5.74, 6) is 3.60. The number of halogens is 1. The van der Waals surface area contributed by atoms with Crippen molar-refractivity contribution in [3.8, 4) is 11.8 Å². The number of amides is 1. The fourth-order valence-corrected chi connectivity index (χ4v) is 0.964. The molecule has 1 aromatic rings. The molecule has 4 heteroatoms. The van der Waals surface area contributed by atoms with Crippen LogP contribution in [0.5, 0.6) is 0 Å². The average Bonchev–Trinajstić information content (AvgIpc) is 2.20. The molecule has 1 amide bonds. The van der Waals surface area contributed by atoms with Crippen molar-refractivity contribution in [1.82, 2.24) is 0 Å². The third kappa shape index (κ3) is 2.92. The summed E-state index contributed by atoms with van der Waals surface area (Å²) in [6, 6.07) is 4.29. The molecule has 0 aliphatic heterocycles. The number of rotatable bonds is 2. The number of nitrogens with two attached hydrogens (primary N) is 1. The molecule has 15 heavy (non-hydrogen) atoms. The van der Waals surface area contributed by atoms with Crippen LogP contribution in [0.1, 0.15) is 22.3 Å². The maximum absolute atomic E-state index is 13.3. The van der Waals surface area contributed by atoms with Gasteiger partial charge in [-0.25, -0.2) is 4.39 Å². The Morgan fingerprint density at radius 2 is 2.27 bits per heavy atom. The summed E-state index contributed by atoms with van der Waals surface area (Å²) >= 11 is 0. The van der Waals surface area contributed by atoms with Gasteiger partial charge in [-0.3, -0.25) is 9.59 Å². The summed E-state index contributed by atoms with van der Waals surface area (Å²) in [6.07, 6.45) is 0.277. The van der Waals surface area contributed by atoms with E-state index in [0.29, 0.717) is 6.29 Å². The third-order valence-corrected chi connectivity index (χ3v) is 1.64. The molecule has 0 saturated heterocycles. The molecule has 0 fully saturated rings. The molecule has 0 unspecified atom stereocenters. The van der Waals surface area contributed by atoms with Crippen molar-refractivity contribution < 1.29 is 14.0 Å². The summed E-state index contributed by atoms with van der Waals surface area (Å²) in [7, 11) is 0. The first-order chi connectivity index (χ1) is 7.15. The molecule has 0 atom stereocenters. The Balaban J connectivity index is 2.98. The molecule has 0 radical (unpaired) electrons. The molecule has 0 bridgehead atoms. The molecule has 0 aromatic heterocycles. The van der Waals surface area contributed by atoms with E-state index in [-0.39, 0.29) is 17.5 Å². The second-order valence-electron chi connectivity index (χ2n) is 2.77.